The van der Waals surface area contributed by atoms with Gasteiger partial charge in [0.1, 0.15) is 11.9 Å². The van der Waals surface area contributed by atoms with Gasteiger partial charge in [-0.15, -0.1) is 0 Å². The molecule has 1 aromatic heterocycles. The van der Waals surface area contributed by atoms with Gasteiger partial charge in [0.2, 0.25) is 0 Å². The summed E-state index contributed by atoms with van der Waals surface area (Å²) < 4.78 is 0. The number of nitrogens with one attached hydrogen (secondary N) is 1. The molecule has 0 unspecified atom stereocenters. The predicted octanol–water partition coefficient (Wildman–Crippen LogP) is 3.19. The van der Waals surface area contributed by atoms with Crippen LogP contribution in [0.3, 0.4) is 0 Å². The van der Waals surface area contributed by atoms with Gasteiger partial charge in [0.25, 0.3) is 0 Å². The number of hydrogen-bond acceptors (Lipinski definition) is 3. The molecule has 2 aliphatic carbocycles. The number of aryl methyl sites for hydroxylation is 2. The molecule has 0 aliphatic heterocycles. The number of anilines is 1. The third-order valence-electron chi connectivity index (χ3n) is 4.12. The SMILES string of the molecule is N#Cc1cc2c(nc1NC1CCCC1)CCCC2. The standard InChI is InChI=1S/C15H19N3/c16-10-12-9-11-5-1-4-8-14(11)18-15(12)17-13-6-2-3-7-13/h9,13H,1-8H2,(H,17,18). The van der Waals surface area contributed by atoms with Crippen molar-refractivity contribution in [1.82, 2.24) is 4.98 Å². The second kappa shape index (κ2) is 4.97. The average Bonchev–Trinajstić information content (AvgIpc) is 2.91. The van der Waals surface area contributed by atoms with Gasteiger partial charge >= 0.3 is 0 Å². The molecule has 3 heteroatoms. The van der Waals surface area contributed by atoms with Crippen molar-refractivity contribution in [2.75, 3.05) is 5.32 Å². The van der Waals surface area contributed by atoms with E-state index in [9.17, 15) is 5.26 Å². The Balaban J connectivity index is 1.89. The van der Waals surface area contributed by atoms with Gasteiger partial charge in [0, 0.05) is 11.7 Å². The summed E-state index contributed by atoms with van der Waals surface area (Å²) in [6.07, 6.45) is 9.63. The lowest BCUT2D eigenvalue weighted by Gasteiger charge is -2.19. The van der Waals surface area contributed by atoms with E-state index in [0.717, 1.165) is 24.2 Å². The molecule has 18 heavy (non-hydrogen) atoms. The number of rotatable bonds is 2. The first-order valence-electron chi connectivity index (χ1n) is 7.06. The molecule has 3 rings (SSSR count). The van der Waals surface area contributed by atoms with Gasteiger partial charge in [-0.3, -0.25) is 0 Å². The van der Waals surface area contributed by atoms with E-state index in [1.165, 1.54) is 49.8 Å². The summed E-state index contributed by atoms with van der Waals surface area (Å²) in [5.41, 5.74) is 3.22. The number of nitriles is 1. The van der Waals surface area contributed by atoms with Crippen LogP contribution in [0.25, 0.3) is 0 Å². The van der Waals surface area contributed by atoms with Crippen LogP contribution >= 0.6 is 0 Å². The molecule has 0 atom stereocenters. The Morgan fingerprint density at radius 2 is 1.94 bits per heavy atom. The summed E-state index contributed by atoms with van der Waals surface area (Å²) >= 11 is 0. The number of nitrogens with zero attached hydrogens (tertiary/aromatic N) is 2. The van der Waals surface area contributed by atoms with Crippen molar-refractivity contribution >= 4 is 5.82 Å². The van der Waals surface area contributed by atoms with E-state index in [1.807, 2.05) is 0 Å². The predicted molar refractivity (Wildman–Crippen MR) is 71.5 cm³/mol. The lowest BCUT2D eigenvalue weighted by Crippen LogP contribution is -2.18. The summed E-state index contributed by atoms with van der Waals surface area (Å²) in [5, 5.41) is 12.7. The Bertz CT molecular complexity index is 481. The molecule has 1 N–H and O–H groups in total. The van der Waals surface area contributed by atoms with Crippen molar-refractivity contribution < 1.29 is 0 Å². The third-order valence-corrected chi connectivity index (χ3v) is 4.12. The maximum absolute atomic E-state index is 9.26. The van der Waals surface area contributed by atoms with Gasteiger partial charge in [0.15, 0.2) is 0 Å². The highest BCUT2D eigenvalue weighted by Gasteiger charge is 2.19. The molecule has 2 aliphatic rings. The fraction of sp³-hybridized carbons (Fsp3) is 0.600. The molecule has 0 spiro atoms. The van der Waals surface area contributed by atoms with E-state index in [4.69, 9.17) is 4.98 Å². The topological polar surface area (TPSA) is 48.7 Å². The zero-order valence-electron chi connectivity index (χ0n) is 10.7. The summed E-state index contributed by atoms with van der Waals surface area (Å²) in [6, 6.07) is 4.87. The maximum Gasteiger partial charge on any atom is 0.144 e. The fourth-order valence-electron chi connectivity index (χ4n) is 3.09. The molecule has 94 valence electrons. The largest absolute Gasteiger partial charge is 0.366 e. The van der Waals surface area contributed by atoms with Gasteiger partial charge in [-0.1, -0.05) is 12.8 Å². The molecule has 0 radical (unpaired) electrons. The molecule has 0 amide bonds. The highest BCUT2D eigenvalue weighted by Crippen LogP contribution is 2.27. The van der Waals surface area contributed by atoms with Crippen LogP contribution in [-0.4, -0.2) is 11.0 Å². The van der Waals surface area contributed by atoms with Gasteiger partial charge in [0.05, 0.1) is 5.56 Å². The van der Waals surface area contributed by atoms with Crippen LogP contribution in [0.4, 0.5) is 5.82 Å². The fourth-order valence-corrected chi connectivity index (χ4v) is 3.09. The Kier molecular flexibility index (Phi) is 3.19. The van der Waals surface area contributed by atoms with E-state index in [-0.39, 0.29) is 0 Å². The van der Waals surface area contributed by atoms with E-state index in [0.29, 0.717) is 6.04 Å². The minimum atomic E-state index is 0.520. The van der Waals surface area contributed by atoms with Crippen LogP contribution in [0.2, 0.25) is 0 Å². The minimum Gasteiger partial charge on any atom is -0.366 e. The summed E-state index contributed by atoms with van der Waals surface area (Å²) in [4.78, 5) is 4.71. The Labute approximate surface area is 108 Å². The van der Waals surface area contributed by atoms with Crippen LogP contribution in [0.1, 0.15) is 55.3 Å². The van der Waals surface area contributed by atoms with E-state index in [1.54, 1.807) is 0 Å². The van der Waals surface area contributed by atoms with Crippen molar-refractivity contribution in [3.63, 3.8) is 0 Å². The van der Waals surface area contributed by atoms with Crippen LogP contribution in [-0.2, 0) is 12.8 Å². The average molecular weight is 241 g/mol. The number of aromatic nitrogens is 1. The van der Waals surface area contributed by atoms with Gasteiger partial charge in [-0.25, -0.2) is 4.98 Å². The molecular formula is C15H19N3. The van der Waals surface area contributed by atoms with Crippen molar-refractivity contribution in [1.29, 1.82) is 5.26 Å². The van der Waals surface area contributed by atoms with Gasteiger partial charge in [-0.2, -0.15) is 5.26 Å². The Hall–Kier alpha value is -1.56. The first-order chi connectivity index (χ1) is 8.86. The van der Waals surface area contributed by atoms with Crippen molar-refractivity contribution in [2.45, 2.75) is 57.4 Å². The number of fused-ring (bicyclic) bond motifs is 1. The van der Waals surface area contributed by atoms with E-state index in [2.05, 4.69) is 17.5 Å². The van der Waals surface area contributed by atoms with Crippen LogP contribution < -0.4 is 5.32 Å². The highest BCUT2D eigenvalue weighted by molar-refractivity contribution is 5.55. The normalized spacial score (nSPS) is 19.3. The second-order valence-corrected chi connectivity index (χ2v) is 5.43. The van der Waals surface area contributed by atoms with Crippen LogP contribution in [0.15, 0.2) is 6.07 Å². The van der Waals surface area contributed by atoms with E-state index >= 15 is 0 Å². The number of hydrogen-bond donors (Lipinski definition) is 1. The zero-order chi connectivity index (χ0) is 12.4. The molecule has 1 heterocycles. The third kappa shape index (κ3) is 2.20. The highest BCUT2D eigenvalue weighted by atomic mass is 15.0. The molecule has 0 saturated heterocycles. The smallest absolute Gasteiger partial charge is 0.144 e. The van der Waals surface area contributed by atoms with Crippen molar-refractivity contribution in [3.05, 3.63) is 22.9 Å². The maximum atomic E-state index is 9.26. The molecule has 1 aromatic rings. The molecule has 1 saturated carbocycles. The monoisotopic (exact) mass is 241 g/mol. The lowest BCUT2D eigenvalue weighted by atomic mass is 9.95. The van der Waals surface area contributed by atoms with Gasteiger partial charge < -0.3 is 5.32 Å². The molecule has 3 nitrogen and oxygen atoms in total. The van der Waals surface area contributed by atoms with E-state index < -0.39 is 0 Å². The van der Waals surface area contributed by atoms with Gasteiger partial charge in [-0.05, 0) is 50.2 Å². The number of pyridine rings is 1. The Morgan fingerprint density at radius 3 is 2.72 bits per heavy atom. The van der Waals surface area contributed by atoms with Crippen LogP contribution in [0.5, 0.6) is 0 Å². The minimum absolute atomic E-state index is 0.520. The summed E-state index contributed by atoms with van der Waals surface area (Å²) in [7, 11) is 0. The van der Waals surface area contributed by atoms with Crippen molar-refractivity contribution in [2.24, 2.45) is 0 Å². The lowest BCUT2D eigenvalue weighted by molar-refractivity contribution is 0.665. The molecule has 1 fully saturated rings. The zero-order valence-corrected chi connectivity index (χ0v) is 10.7. The summed E-state index contributed by atoms with van der Waals surface area (Å²) in [6.45, 7) is 0. The molecular weight excluding hydrogens is 222 g/mol. The molecule has 0 bridgehead atoms. The Morgan fingerprint density at radius 1 is 1.17 bits per heavy atom. The quantitative estimate of drug-likeness (QED) is 0.865. The first kappa shape index (κ1) is 11.5. The molecule has 0 aromatic carbocycles. The van der Waals surface area contributed by atoms with Crippen molar-refractivity contribution in [3.8, 4) is 6.07 Å². The first-order valence-corrected chi connectivity index (χ1v) is 7.06. The van der Waals surface area contributed by atoms with Crippen LogP contribution in [0, 0.1) is 11.3 Å². The second-order valence-electron chi connectivity index (χ2n) is 5.43. The summed E-state index contributed by atoms with van der Waals surface area (Å²) in [5.74, 6) is 0.824.